The molecule has 114 valence electrons. The molecule has 1 aromatic heterocycles. The molecule has 0 fully saturated rings. The number of hydrogen-bond acceptors (Lipinski definition) is 3. The quantitative estimate of drug-likeness (QED) is 0.759. The molecule has 2 atom stereocenters. The molecule has 0 aliphatic rings. The van der Waals surface area contributed by atoms with Crippen LogP contribution >= 0.6 is 15.9 Å². The van der Waals surface area contributed by atoms with Crippen molar-refractivity contribution in [2.75, 3.05) is 6.61 Å². The number of aliphatic hydroxyl groups excluding tert-OH is 1. The van der Waals surface area contributed by atoms with Gasteiger partial charge in [-0.3, -0.25) is 5.14 Å². The monoisotopic (exact) mass is 366 g/mol. The minimum Gasteiger partial charge on any atom is -0.396 e. The lowest BCUT2D eigenvalue weighted by Gasteiger charge is -2.35. The Morgan fingerprint density at radius 3 is 2.55 bits per heavy atom. The third kappa shape index (κ3) is 4.07. The van der Waals surface area contributed by atoms with Gasteiger partial charge in [0.25, 0.3) is 0 Å². The molecule has 4 nitrogen and oxygen atoms in total. The number of aromatic nitrogens is 1. The van der Waals surface area contributed by atoms with E-state index >= 15 is 0 Å². The fraction of sp³-hybridized carbons (Fsp3) is 0.615. The molecule has 0 aliphatic carbocycles. The number of rotatable bonds is 6. The van der Waals surface area contributed by atoms with Gasteiger partial charge >= 0.3 is 0 Å². The molecule has 7 heteroatoms. The van der Waals surface area contributed by atoms with Crippen molar-refractivity contribution < 1.29 is 13.7 Å². The summed E-state index contributed by atoms with van der Waals surface area (Å²) < 4.78 is 25.5. The van der Waals surface area contributed by atoms with Crippen LogP contribution in [0.3, 0.4) is 0 Å². The van der Waals surface area contributed by atoms with Crippen molar-refractivity contribution in [1.82, 2.24) is 4.98 Å². The van der Waals surface area contributed by atoms with Crippen molar-refractivity contribution in [3.63, 3.8) is 0 Å². The van der Waals surface area contributed by atoms with Crippen molar-refractivity contribution in [3.8, 4) is 0 Å². The van der Waals surface area contributed by atoms with E-state index in [4.69, 9.17) is 5.14 Å². The van der Waals surface area contributed by atoms with Gasteiger partial charge in [-0.15, -0.1) is 0 Å². The largest absolute Gasteiger partial charge is 0.396 e. The standard InChI is InChI=1S/C13H20BrFN2O2S/c1-12(2,20(16)19)8-13(3,6-7-18)11-9(15)4-5-10(14)17-11/h4-5,18H,6-8,16H2,1-3H3/t13-,20?/m0/s1. The van der Waals surface area contributed by atoms with Crippen LogP contribution in [0.2, 0.25) is 0 Å². The van der Waals surface area contributed by atoms with E-state index in [0.29, 0.717) is 17.4 Å². The molecule has 1 aromatic rings. The maximum Gasteiger partial charge on any atom is 0.145 e. The summed E-state index contributed by atoms with van der Waals surface area (Å²) in [5.41, 5.74) is -0.499. The number of pyridine rings is 1. The van der Waals surface area contributed by atoms with Crippen LogP contribution in [0, 0.1) is 5.82 Å². The maximum atomic E-state index is 14.1. The molecule has 1 heterocycles. The summed E-state index contributed by atoms with van der Waals surface area (Å²) in [6, 6.07) is 2.85. The molecule has 1 unspecified atom stereocenters. The summed E-state index contributed by atoms with van der Waals surface area (Å²) >= 11 is 3.22. The highest BCUT2D eigenvalue weighted by Crippen LogP contribution is 2.38. The molecule has 1 rings (SSSR count). The molecular weight excluding hydrogens is 347 g/mol. The van der Waals surface area contributed by atoms with Crippen LogP contribution in [0.25, 0.3) is 0 Å². The predicted octanol–water partition coefficient (Wildman–Crippen LogP) is 2.41. The van der Waals surface area contributed by atoms with Gasteiger partial charge in [0.1, 0.15) is 10.4 Å². The van der Waals surface area contributed by atoms with E-state index in [1.807, 2.05) is 0 Å². The highest BCUT2D eigenvalue weighted by molar-refractivity contribution is 9.10. The lowest BCUT2D eigenvalue weighted by Crippen LogP contribution is -2.41. The first-order valence-corrected chi connectivity index (χ1v) is 8.23. The average molecular weight is 367 g/mol. The van der Waals surface area contributed by atoms with E-state index in [2.05, 4.69) is 20.9 Å². The molecule has 0 radical (unpaired) electrons. The number of hydrogen-bond donors (Lipinski definition) is 2. The molecule has 0 saturated heterocycles. The summed E-state index contributed by atoms with van der Waals surface area (Å²) in [4.78, 5) is 4.20. The van der Waals surface area contributed by atoms with Gasteiger partial charge in [0.15, 0.2) is 0 Å². The predicted molar refractivity (Wildman–Crippen MR) is 82.0 cm³/mol. The molecule has 0 amide bonds. The number of nitrogens with two attached hydrogens (primary N) is 1. The number of halogens is 2. The molecule has 0 aliphatic heterocycles. The summed E-state index contributed by atoms with van der Waals surface area (Å²) in [5.74, 6) is -0.442. The van der Waals surface area contributed by atoms with Crippen LogP contribution in [0.5, 0.6) is 0 Å². The Labute approximate surface area is 129 Å². The number of nitrogens with zero attached hydrogens (tertiary/aromatic N) is 1. The van der Waals surface area contributed by atoms with Gasteiger partial charge in [0.05, 0.1) is 21.4 Å². The van der Waals surface area contributed by atoms with Crippen molar-refractivity contribution in [3.05, 3.63) is 28.2 Å². The zero-order valence-electron chi connectivity index (χ0n) is 11.8. The second-order valence-electron chi connectivity index (χ2n) is 5.73. The molecule has 0 saturated carbocycles. The van der Waals surface area contributed by atoms with E-state index in [0.717, 1.165) is 0 Å². The normalized spacial score (nSPS) is 16.8. The Hall–Kier alpha value is -0.370. The van der Waals surface area contributed by atoms with E-state index in [-0.39, 0.29) is 12.3 Å². The highest BCUT2D eigenvalue weighted by Gasteiger charge is 2.39. The molecule has 3 N–H and O–H groups in total. The molecule has 0 aromatic carbocycles. The van der Waals surface area contributed by atoms with E-state index < -0.39 is 27.0 Å². The third-order valence-corrected chi connectivity index (χ3v) is 5.08. The molecular formula is C13H20BrFN2O2S. The maximum absolute atomic E-state index is 14.1. The Balaban J connectivity index is 3.27. The van der Waals surface area contributed by atoms with Crippen molar-refractivity contribution in [2.24, 2.45) is 5.14 Å². The van der Waals surface area contributed by atoms with Crippen LogP contribution < -0.4 is 5.14 Å². The minimum absolute atomic E-state index is 0.114. The average Bonchev–Trinajstić information content (AvgIpc) is 2.31. The first-order chi connectivity index (χ1) is 9.12. The van der Waals surface area contributed by atoms with Crippen molar-refractivity contribution in [2.45, 2.75) is 43.8 Å². The zero-order chi connectivity index (χ0) is 15.6. The van der Waals surface area contributed by atoms with Crippen molar-refractivity contribution >= 4 is 26.9 Å². The molecule has 0 bridgehead atoms. The van der Waals surface area contributed by atoms with Crippen molar-refractivity contribution in [1.29, 1.82) is 0 Å². The minimum atomic E-state index is -1.56. The Kier molecular flexibility index (Phi) is 5.83. The van der Waals surface area contributed by atoms with Crippen LogP contribution in [-0.4, -0.2) is 25.7 Å². The van der Waals surface area contributed by atoms with E-state index in [1.165, 1.54) is 12.1 Å². The Bertz CT molecular complexity index is 513. The zero-order valence-corrected chi connectivity index (χ0v) is 14.2. The smallest absolute Gasteiger partial charge is 0.145 e. The Morgan fingerprint density at radius 1 is 1.45 bits per heavy atom. The first-order valence-electron chi connectivity index (χ1n) is 6.22. The van der Waals surface area contributed by atoms with Gasteiger partial charge in [-0.25, -0.2) is 13.6 Å². The number of aliphatic hydroxyl groups is 1. The van der Waals surface area contributed by atoms with Crippen LogP contribution in [0.15, 0.2) is 16.7 Å². The fourth-order valence-corrected chi connectivity index (χ4v) is 3.16. The van der Waals surface area contributed by atoms with Gasteiger partial charge in [0, 0.05) is 12.0 Å². The Morgan fingerprint density at radius 2 is 2.05 bits per heavy atom. The summed E-state index contributed by atoms with van der Waals surface area (Å²) in [6.07, 6.45) is 0.665. The first kappa shape index (κ1) is 17.7. The second kappa shape index (κ2) is 6.60. The van der Waals surface area contributed by atoms with Gasteiger partial charge in [-0.1, -0.05) is 6.92 Å². The SMILES string of the molecule is CC(C)(C[C@](C)(CCO)c1nc(Br)ccc1F)S(N)=O. The summed E-state index contributed by atoms with van der Waals surface area (Å²) in [5, 5.41) is 14.8. The van der Waals surface area contributed by atoms with Crippen LogP contribution in [0.4, 0.5) is 4.39 Å². The van der Waals surface area contributed by atoms with Crippen LogP contribution in [-0.2, 0) is 16.4 Å². The van der Waals surface area contributed by atoms with Gasteiger partial charge in [-0.05, 0) is 54.8 Å². The van der Waals surface area contributed by atoms with Crippen LogP contribution in [0.1, 0.15) is 39.3 Å². The molecule has 0 spiro atoms. The summed E-state index contributed by atoms with van der Waals surface area (Å²) in [6.45, 7) is 5.20. The second-order valence-corrected chi connectivity index (χ2v) is 8.25. The third-order valence-electron chi connectivity index (χ3n) is 3.41. The van der Waals surface area contributed by atoms with Gasteiger partial charge in [0.2, 0.25) is 0 Å². The van der Waals surface area contributed by atoms with Gasteiger partial charge < -0.3 is 5.11 Å². The lowest BCUT2D eigenvalue weighted by atomic mass is 9.76. The summed E-state index contributed by atoms with van der Waals surface area (Å²) in [7, 11) is -1.56. The highest BCUT2D eigenvalue weighted by atomic mass is 79.9. The van der Waals surface area contributed by atoms with E-state index in [1.54, 1.807) is 20.8 Å². The topological polar surface area (TPSA) is 76.2 Å². The lowest BCUT2D eigenvalue weighted by molar-refractivity contribution is 0.224. The van der Waals surface area contributed by atoms with Gasteiger partial charge in [-0.2, -0.15) is 0 Å². The fourth-order valence-electron chi connectivity index (χ4n) is 2.39. The molecule has 20 heavy (non-hydrogen) atoms. The van der Waals surface area contributed by atoms with E-state index in [9.17, 15) is 13.7 Å².